The number of pyridine rings is 1. The first-order valence-corrected chi connectivity index (χ1v) is 7.53. The molecule has 4 aromatic heterocycles. The number of nitrogens with zero attached hydrogens (tertiary/aromatic N) is 4. The summed E-state index contributed by atoms with van der Waals surface area (Å²) in [5.41, 5.74) is 7.47. The molecule has 4 rings (SSSR count). The summed E-state index contributed by atoms with van der Waals surface area (Å²) in [6.07, 6.45) is 0. The Hall–Kier alpha value is -2.76. The Morgan fingerprint density at radius 3 is 2.39 bits per heavy atom. The van der Waals surface area contributed by atoms with Crippen molar-refractivity contribution in [2.24, 2.45) is 0 Å². The Morgan fingerprint density at radius 1 is 0.913 bits per heavy atom. The van der Waals surface area contributed by atoms with Crippen molar-refractivity contribution in [1.82, 2.24) is 25.1 Å². The van der Waals surface area contributed by atoms with E-state index in [9.17, 15) is 0 Å². The lowest BCUT2D eigenvalue weighted by Gasteiger charge is -2.05. The number of hydrogen-bond donors (Lipinski definition) is 1. The molecule has 0 saturated carbocycles. The first kappa shape index (κ1) is 13.9. The Labute approximate surface area is 133 Å². The zero-order chi connectivity index (χ0) is 16.3. The first-order valence-electron chi connectivity index (χ1n) is 7.53. The smallest absolute Gasteiger partial charge is 0.144 e. The Balaban J connectivity index is 2.09. The Morgan fingerprint density at radius 2 is 1.70 bits per heavy atom. The van der Waals surface area contributed by atoms with Gasteiger partial charge >= 0.3 is 0 Å². The molecule has 0 unspecified atom stereocenters. The normalized spacial score (nSPS) is 11.7. The highest BCUT2D eigenvalue weighted by Crippen LogP contribution is 2.33. The average molecular weight is 307 g/mol. The molecule has 0 aliphatic heterocycles. The van der Waals surface area contributed by atoms with Crippen LogP contribution in [0.25, 0.3) is 33.2 Å². The van der Waals surface area contributed by atoms with Crippen molar-refractivity contribution in [3.05, 3.63) is 34.7 Å². The van der Waals surface area contributed by atoms with E-state index in [4.69, 9.17) is 9.51 Å². The minimum atomic E-state index is 0.754. The number of aromatic nitrogens is 5. The minimum absolute atomic E-state index is 0.754. The van der Waals surface area contributed by atoms with Gasteiger partial charge in [-0.1, -0.05) is 5.16 Å². The fourth-order valence-corrected chi connectivity index (χ4v) is 3.23. The molecule has 0 saturated heterocycles. The van der Waals surface area contributed by atoms with Gasteiger partial charge in [-0.05, 0) is 40.7 Å². The lowest BCUT2D eigenvalue weighted by molar-refractivity contribution is 0.393. The molecule has 4 aromatic rings. The summed E-state index contributed by atoms with van der Waals surface area (Å²) in [4.78, 5) is 17.1. The van der Waals surface area contributed by atoms with E-state index < -0.39 is 0 Å². The second-order valence-electron chi connectivity index (χ2n) is 5.92. The largest absolute Gasteiger partial charge is 0.361 e. The minimum Gasteiger partial charge on any atom is -0.361 e. The Kier molecular flexibility index (Phi) is 2.78. The van der Waals surface area contributed by atoms with E-state index in [0.29, 0.717) is 0 Å². The molecule has 0 aliphatic rings. The predicted octanol–water partition coefficient (Wildman–Crippen LogP) is 3.70. The highest BCUT2D eigenvalue weighted by atomic mass is 16.5. The maximum Gasteiger partial charge on any atom is 0.144 e. The molecule has 6 heteroatoms. The van der Waals surface area contributed by atoms with E-state index in [0.717, 1.165) is 61.9 Å². The van der Waals surface area contributed by atoms with Gasteiger partial charge in [0, 0.05) is 16.8 Å². The van der Waals surface area contributed by atoms with Crippen LogP contribution < -0.4 is 0 Å². The maximum absolute atomic E-state index is 5.30. The number of hydrogen-bond acceptors (Lipinski definition) is 5. The van der Waals surface area contributed by atoms with Crippen LogP contribution in [0.2, 0.25) is 0 Å². The van der Waals surface area contributed by atoms with Crippen LogP contribution in [0.4, 0.5) is 0 Å². The van der Waals surface area contributed by atoms with Gasteiger partial charge in [0.15, 0.2) is 0 Å². The van der Waals surface area contributed by atoms with Gasteiger partial charge in [-0.2, -0.15) is 0 Å². The molecular weight excluding hydrogens is 290 g/mol. The molecule has 0 aliphatic carbocycles. The van der Waals surface area contributed by atoms with Crippen molar-refractivity contribution in [1.29, 1.82) is 0 Å². The van der Waals surface area contributed by atoms with E-state index in [1.807, 2.05) is 34.6 Å². The summed E-state index contributed by atoms with van der Waals surface area (Å²) in [5.74, 6) is 1.55. The van der Waals surface area contributed by atoms with Crippen LogP contribution in [0.15, 0.2) is 10.6 Å². The molecule has 0 aromatic carbocycles. The highest BCUT2D eigenvalue weighted by Gasteiger charge is 2.18. The third-order valence-corrected chi connectivity index (χ3v) is 4.21. The summed E-state index contributed by atoms with van der Waals surface area (Å²) in [5, 5.41) is 5.03. The summed E-state index contributed by atoms with van der Waals surface area (Å²) in [7, 11) is 0. The van der Waals surface area contributed by atoms with E-state index in [1.54, 1.807) is 0 Å². The number of aryl methyl sites for hydroxylation is 5. The molecule has 6 nitrogen and oxygen atoms in total. The SMILES string of the molecule is Cc1nc(C)c2c(n1)[nH]c1cc(-c3c(C)noc3C)c(C)nc12. The van der Waals surface area contributed by atoms with Crippen molar-refractivity contribution >= 4 is 22.1 Å². The van der Waals surface area contributed by atoms with Gasteiger partial charge in [0.2, 0.25) is 0 Å². The maximum atomic E-state index is 5.30. The van der Waals surface area contributed by atoms with Crippen LogP contribution in [0.3, 0.4) is 0 Å². The second-order valence-corrected chi connectivity index (χ2v) is 5.92. The third-order valence-electron chi connectivity index (χ3n) is 4.21. The van der Waals surface area contributed by atoms with E-state index in [1.165, 1.54) is 0 Å². The van der Waals surface area contributed by atoms with Crippen LogP contribution in [0, 0.1) is 34.6 Å². The standard InChI is InChI=1S/C17H17N5O/c1-7-12(14-9(3)22-23-10(14)4)6-13-16(19-7)15-8(2)18-11(5)20-17(15)21-13/h6H,1-5H3,(H,18,20,21). The summed E-state index contributed by atoms with van der Waals surface area (Å²) >= 11 is 0. The lowest BCUT2D eigenvalue weighted by atomic mass is 10.0. The van der Waals surface area contributed by atoms with E-state index in [2.05, 4.69) is 26.2 Å². The first-order chi connectivity index (χ1) is 11.0. The van der Waals surface area contributed by atoms with Crippen LogP contribution in [-0.4, -0.2) is 25.1 Å². The van der Waals surface area contributed by atoms with Crippen molar-refractivity contribution in [3.63, 3.8) is 0 Å². The number of aromatic amines is 1. The molecule has 0 radical (unpaired) electrons. The van der Waals surface area contributed by atoms with Gasteiger partial charge in [-0.15, -0.1) is 0 Å². The summed E-state index contributed by atoms with van der Waals surface area (Å²) < 4.78 is 5.30. The Bertz CT molecular complexity index is 1050. The van der Waals surface area contributed by atoms with E-state index in [-0.39, 0.29) is 0 Å². The van der Waals surface area contributed by atoms with Crippen molar-refractivity contribution < 1.29 is 4.52 Å². The topological polar surface area (TPSA) is 80.5 Å². The van der Waals surface area contributed by atoms with Crippen molar-refractivity contribution in [2.75, 3.05) is 0 Å². The van der Waals surface area contributed by atoms with E-state index >= 15 is 0 Å². The lowest BCUT2D eigenvalue weighted by Crippen LogP contribution is -1.93. The molecule has 0 bridgehead atoms. The number of fused-ring (bicyclic) bond motifs is 3. The molecule has 23 heavy (non-hydrogen) atoms. The molecule has 1 N–H and O–H groups in total. The molecular formula is C17H17N5O. The monoisotopic (exact) mass is 307 g/mol. The van der Waals surface area contributed by atoms with Crippen molar-refractivity contribution in [3.8, 4) is 11.1 Å². The molecule has 0 spiro atoms. The molecule has 0 amide bonds. The number of nitrogens with one attached hydrogen (secondary N) is 1. The summed E-state index contributed by atoms with van der Waals surface area (Å²) in [6, 6.07) is 2.10. The zero-order valence-electron chi connectivity index (χ0n) is 13.8. The number of H-pyrrole nitrogens is 1. The highest BCUT2D eigenvalue weighted by molar-refractivity contribution is 6.05. The van der Waals surface area contributed by atoms with Gasteiger partial charge in [0.25, 0.3) is 0 Å². The fraction of sp³-hybridized carbons (Fsp3) is 0.294. The summed E-state index contributed by atoms with van der Waals surface area (Å²) in [6.45, 7) is 9.75. The van der Waals surface area contributed by atoms with Crippen LogP contribution in [0.1, 0.15) is 28.7 Å². The van der Waals surface area contributed by atoms with Crippen LogP contribution >= 0.6 is 0 Å². The van der Waals surface area contributed by atoms with Gasteiger partial charge in [-0.3, -0.25) is 4.98 Å². The average Bonchev–Trinajstić information content (AvgIpc) is 2.98. The predicted molar refractivity (Wildman–Crippen MR) is 88.4 cm³/mol. The zero-order valence-corrected chi connectivity index (χ0v) is 13.8. The van der Waals surface area contributed by atoms with Gasteiger partial charge in [0.05, 0.1) is 27.8 Å². The van der Waals surface area contributed by atoms with Gasteiger partial charge in [0.1, 0.15) is 17.2 Å². The fourth-order valence-electron chi connectivity index (χ4n) is 3.23. The quantitative estimate of drug-likeness (QED) is 0.580. The third kappa shape index (κ3) is 1.94. The van der Waals surface area contributed by atoms with Crippen LogP contribution in [-0.2, 0) is 0 Å². The van der Waals surface area contributed by atoms with Crippen LogP contribution in [0.5, 0.6) is 0 Å². The molecule has 116 valence electrons. The van der Waals surface area contributed by atoms with Gasteiger partial charge < -0.3 is 9.51 Å². The number of rotatable bonds is 1. The molecule has 4 heterocycles. The van der Waals surface area contributed by atoms with Gasteiger partial charge in [-0.25, -0.2) is 9.97 Å². The second kappa shape index (κ2) is 4.62. The van der Waals surface area contributed by atoms with Crippen molar-refractivity contribution in [2.45, 2.75) is 34.6 Å². The molecule has 0 atom stereocenters. The molecule has 0 fully saturated rings.